The van der Waals surface area contributed by atoms with Crippen LogP contribution in [0.3, 0.4) is 0 Å². The highest BCUT2D eigenvalue weighted by Crippen LogP contribution is 2.33. The van der Waals surface area contributed by atoms with Gasteiger partial charge >= 0.3 is 0 Å². The SMILES string of the molecule is C=CC[NH+](CC=C)Cc1c(O)ccc2oc(C)c(C(=O)NC3CCCC3)c12. The second-order valence-corrected chi connectivity index (χ2v) is 7.34. The molecule has 1 aromatic carbocycles. The highest BCUT2D eigenvalue weighted by Gasteiger charge is 2.26. The highest BCUT2D eigenvalue weighted by atomic mass is 16.3. The van der Waals surface area contributed by atoms with E-state index in [9.17, 15) is 9.90 Å². The first-order valence-electron chi connectivity index (χ1n) is 9.65. The van der Waals surface area contributed by atoms with Crippen LogP contribution in [0.2, 0.25) is 0 Å². The van der Waals surface area contributed by atoms with Crippen LogP contribution in [0.25, 0.3) is 11.0 Å². The minimum Gasteiger partial charge on any atom is -0.507 e. The van der Waals surface area contributed by atoms with E-state index in [0.717, 1.165) is 44.3 Å². The van der Waals surface area contributed by atoms with Crippen molar-refractivity contribution < 1.29 is 19.2 Å². The molecule has 0 unspecified atom stereocenters. The number of nitrogens with one attached hydrogen (secondary N) is 2. The molecule has 1 aliphatic carbocycles. The van der Waals surface area contributed by atoms with Crippen molar-refractivity contribution in [1.29, 1.82) is 0 Å². The summed E-state index contributed by atoms with van der Waals surface area (Å²) in [6.45, 7) is 11.5. The number of phenols is 1. The Kier molecular flexibility index (Phi) is 6.01. The summed E-state index contributed by atoms with van der Waals surface area (Å²) in [5.74, 6) is 0.657. The molecule has 3 N–H and O–H groups in total. The van der Waals surface area contributed by atoms with Crippen LogP contribution in [0.4, 0.5) is 0 Å². The van der Waals surface area contributed by atoms with Gasteiger partial charge in [0, 0.05) is 11.4 Å². The molecule has 0 saturated heterocycles. The van der Waals surface area contributed by atoms with Gasteiger partial charge in [0.2, 0.25) is 0 Å². The van der Waals surface area contributed by atoms with Crippen molar-refractivity contribution in [2.45, 2.75) is 45.2 Å². The summed E-state index contributed by atoms with van der Waals surface area (Å²) >= 11 is 0. The number of benzene rings is 1. The fraction of sp³-hybridized carbons (Fsp3) is 0.409. The van der Waals surface area contributed by atoms with Crippen LogP contribution in [-0.4, -0.2) is 30.1 Å². The van der Waals surface area contributed by atoms with Crippen molar-refractivity contribution in [3.05, 3.63) is 54.3 Å². The predicted octanol–water partition coefficient (Wildman–Crippen LogP) is 2.88. The van der Waals surface area contributed by atoms with Gasteiger partial charge in [0.15, 0.2) is 0 Å². The molecule has 0 spiro atoms. The van der Waals surface area contributed by atoms with Gasteiger partial charge in [-0.25, -0.2) is 0 Å². The molecule has 1 aromatic heterocycles. The average Bonchev–Trinajstić information content (AvgIpc) is 3.24. The number of rotatable bonds is 8. The molecule has 1 heterocycles. The minimum absolute atomic E-state index is 0.112. The van der Waals surface area contributed by atoms with E-state index in [0.29, 0.717) is 28.8 Å². The molecule has 27 heavy (non-hydrogen) atoms. The van der Waals surface area contributed by atoms with Crippen LogP contribution < -0.4 is 10.2 Å². The standard InChI is InChI=1S/C22H28N2O3/c1-4-12-24(13-5-2)14-17-18(25)10-11-19-21(17)20(15(3)27-19)22(26)23-16-8-6-7-9-16/h4-5,10-11,16,25H,1-2,6-9,12-14H2,3H3,(H,23,26)/p+1. The number of aryl methyl sites for hydroxylation is 1. The molecule has 5 heteroatoms. The number of carbonyl (C=O) groups is 1. The lowest BCUT2D eigenvalue weighted by molar-refractivity contribution is -0.902. The van der Waals surface area contributed by atoms with Gasteiger partial charge in [0.05, 0.1) is 24.2 Å². The topological polar surface area (TPSA) is 66.9 Å². The number of furan rings is 1. The smallest absolute Gasteiger partial charge is 0.255 e. The van der Waals surface area contributed by atoms with Crippen LogP contribution in [0.5, 0.6) is 5.75 Å². The largest absolute Gasteiger partial charge is 0.507 e. The van der Waals surface area contributed by atoms with Crippen molar-refractivity contribution in [2.24, 2.45) is 0 Å². The van der Waals surface area contributed by atoms with E-state index in [-0.39, 0.29) is 17.7 Å². The maximum atomic E-state index is 13.0. The summed E-state index contributed by atoms with van der Waals surface area (Å²) < 4.78 is 5.86. The summed E-state index contributed by atoms with van der Waals surface area (Å²) in [6.07, 6.45) is 8.06. The Balaban J connectivity index is 2.01. The Morgan fingerprint density at radius 2 is 1.96 bits per heavy atom. The monoisotopic (exact) mass is 369 g/mol. The lowest BCUT2D eigenvalue weighted by Gasteiger charge is -2.18. The minimum atomic E-state index is -0.112. The fourth-order valence-electron chi connectivity index (χ4n) is 4.03. The third-order valence-electron chi connectivity index (χ3n) is 5.33. The summed E-state index contributed by atoms with van der Waals surface area (Å²) in [6, 6.07) is 3.60. The number of aromatic hydroxyl groups is 1. The van der Waals surface area contributed by atoms with Crippen LogP contribution in [0.15, 0.2) is 41.9 Å². The van der Waals surface area contributed by atoms with Crippen molar-refractivity contribution in [3.63, 3.8) is 0 Å². The summed E-state index contributed by atoms with van der Waals surface area (Å²) in [4.78, 5) is 14.2. The van der Waals surface area contributed by atoms with Crippen LogP contribution in [0.1, 0.15) is 47.4 Å². The number of phenolic OH excluding ortho intramolecular Hbond substituents is 1. The van der Waals surface area contributed by atoms with Crippen molar-refractivity contribution in [2.75, 3.05) is 13.1 Å². The molecule has 1 amide bonds. The molecule has 144 valence electrons. The number of carbonyl (C=O) groups excluding carboxylic acids is 1. The molecule has 3 rings (SSSR count). The zero-order chi connectivity index (χ0) is 19.4. The number of fused-ring (bicyclic) bond motifs is 1. The third-order valence-corrected chi connectivity index (χ3v) is 5.33. The van der Waals surface area contributed by atoms with Gasteiger partial charge < -0.3 is 19.7 Å². The molecular weight excluding hydrogens is 340 g/mol. The molecule has 5 nitrogen and oxygen atoms in total. The molecule has 0 atom stereocenters. The lowest BCUT2D eigenvalue weighted by Crippen LogP contribution is -3.10. The molecule has 1 fully saturated rings. The Labute approximate surface area is 160 Å². The molecule has 2 aromatic rings. The lowest BCUT2D eigenvalue weighted by atomic mass is 10.0. The van der Waals surface area contributed by atoms with Gasteiger partial charge in [-0.3, -0.25) is 4.79 Å². The van der Waals surface area contributed by atoms with Gasteiger partial charge in [-0.15, -0.1) is 0 Å². The van der Waals surface area contributed by atoms with Crippen LogP contribution in [0, 0.1) is 6.92 Å². The maximum absolute atomic E-state index is 13.0. The van der Waals surface area contributed by atoms with E-state index in [1.54, 1.807) is 12.1 Å². The highest BCUT2D eigenvalue weighted by molar-refractivity contribution is 6.09. The third kappa shape index (κ3) is 4.08. The number of hydrogen-bond donors (Lipinski definition) is 3. The Bertz CT molecular complexity index is 837. The predicted molar refractivity (Wildman–Crippen MR) is 107 cm³/mol. The quantitative estimate of drug-likeness (QED) is 0.627. The van der Waals surface area contributed by atoms with E-state index >= 15 is 0 Å². The molecule has 0 bridgehead atoms. The van der Waals surface area contributed by atoms with Gasteiger partial charge in [-0.1, -0.05) is 26.0 Å². The first-order chi connectivity index (χ1) is 13.0. The normalized spacial score (nSPS) is 14.7. The van der Waals surface area contributed by atoms with Crippen molar-refractivity contribution in [1.82, 2.24) is 5.32 Å². The average molecular weight is 369 g/mol. The fourth-order valence-corrected chi connectivity index (χ4v) is 4.03. The van der Waals surface area contributed by atoms with E-state index in [4.69, 9.17) is 4.42 Å². The summed E-state index contributed by atoms with van der Waals surface area (Å²) in [7, 11) is 0. The molecule has 0 aliphatic heterocycles. The van der Waals surface area contributed by atoms with Crippen molar-refractivity contribution >= 4 is 16.9 Å². The first kappa shape index (κ1) is 19.2. The van der Waals surface area contributed by atoms with Crippen LogP contribution >= 0.6 is 0 Å². The van der Waals surface area contributed by atoms with Gasteiger partial charge in [0.25, 0.3) is 5.91 Å². The second kappa shape index (κ2) is 8.44. The van der Waals surface area contributed by atoms with E-state index in [2.05, 4.69) is 18.5 Å². The Hall–Kier alpha value is -2.53. The summed E-state index contributed by atoms with van der Waals surface area (Å²) in [5.41, 5.74) is 1.91. The second-order valence-electron chi connectivity index (χ2n) is 7.34. The van der Waals surface area contributed by atoms with Gasteiger partial charge in [-0.2, -0.15) is 0 Å². The molecular formula is C22H29N2O3+. The zero-order valence-corrected chi connectivity index (χ0v) is 16.0. The Morgan fingerprint density at radius 1 is 1.30 bits per heavy atom. The maximum Gasteiger partial charge on any atom is 0.255 e. The van der Waals surface area contributed by atoms with E-state index < -0.39 is 0 Å². The van der Waals surface area contributed by atoms with E-state index in [1.807, 2.05) is 19.1 Å². The van der Waals surface area contributed by atoms with Gasteiger partial charge in [-0.05, 0) is 44.1 Å². The molecule has 1 aliphatic rings. The van der Waals surface area contributed by atoms with Crippen molar-refractivity contribution in [3.8, 4) is 5.75 Å². The Morgan fingerprint density at radius 3 is 2.59 bits per heavy atom. The zero-order valence-electron chi connectivity index (χ0n) is 16.0. The molecule has 1 saturated carbocycles. The molecule has 0 radical (unpaired) electrons. The number of hydrogen-bond acceptors (Lipinski definition) is 3. The van der Waals surface area contributed by atoms with Gasteiger partial charge in [0.1, 0.15) is 23.6 Å². The number of amides is 1. The number of quaternary nitrogens is 1. The van der Waals surface area contributed by atoms with E-state index in [1.165, 1.54) is 4.90 Å². The summed E-state index contributed by atoms with van der Waals surface area (Å²) in [5, 5.41) is 14.4. The van der Waals surface area contributed by atoms with Crippen LogP contribution in [-0.2, 0) is 6.54 Å². The first-order valence-corrected chi connectivity index (χ1v) is 9.65.